The largest absolute Gasteiger partial charge is 0.390 e. The Morgan fingerprint density at radius 3 is 2.49 bits per heavy atom. The van der Waals surface area contributed by atoms with Gasteiger partial charge in [0.2, 0.25) is 0 Å². The number of aromatic nitrogens is 3. The van der Waals surface area contributed by atoms with E-state index in [1.54, 1.807) is 20.0 Å². The molecule has 9 heteroatoms. The zero-order valence-electron chi connectivity index (χ0n) is 20.3. The van der Waals surface area contributed by atoms with E-state index in [1.165, 1.54) is 18.6 Å². The molecule has 1 aliphatic heterocycles. The van der Waals surface area contributed by atoms with Crippen molar-refractivity contribution in [1.82, 2.24) is 19.9 Å². The molecule has 35 heavy (non-hydrogen) atoms. The lowest BCUT2D eigenvalue weighted by Gasteiger charge is -2.37. The molecule has 2 aromatic heterocycles. The minimum Gasteiger partial charge on any atom is -0.390 e. The maximum Gasteiger partial charge on any atom is 0.172 e. The van der Waals surface area contributed by atoms with Gasteiger partial charge in [0.1, 0.15) is 17.2 Å². The molecular formula is C26H32F2N6O. The van der Waals surface area contributed by atoms with Crippen LogP contribution in [-0.2, 0) is 13.0 Å². The average molecular weight is 483 g/mol. The number of halogens is 2. The smallest absolute Gasteiger partial charge is 0.172 e. The summed E-state index contributed by atoms with van der Waals surface area (Å²) in [7, 11) is 0. The minimum atomic E-state index is -0.858. The molecule has 5 rings (SSSR count). The third kappa shape index (κ3) is 5.67. The van der Waals surface area contributed by atoms with Crippen molar-refractivity contribution in [1.29, 1.82) is 0 Å². The summed E-state index contributed by atoms with van der Waals surface area (Å²) in [5.74, 6) is 0.531. The van der Waals surface area contributed by atoms with Crippen LogP contribution in [0.3, 0.4) is 0 Å². The number of aliphatic hydroxyl groups is 1. The molecule has 7 nitrogen and oxygen atoms in total. The van der Waals surface area contributed by atoms with Crippen LogP contribution in [-0.4, -0.2) is 62.8 Å². The highest BCUT2D eigenvalue weighted by molar-refractivity contribution is 5.80. The molecule has 186 valence electrons. The lowest BCUT2D eigenvalue weighted by Crippen LogP contribution is -2.46. The zero-order chi connectivity index (χ0) is 24.6. The molecule has 1 aromatic carbocycles. The van der Waals surface area contributed by atoms with Gasteiger partial charge in [0.15, 0.2) is 11.6 Å². The number of pyridine rings is 1. The molecule has 2 fully saturated rings. The van der Waals surface area contributed by atoms with Gasteiger partial charge in [-0.05, 0) is 45.2 Å². The Labute approximate surface area is 204 Å². The Morgan fingerprint density at radius 1 is 1.06 bits per heavy atom. The second-order valence-corrected chi connectivity index (χ2v) is 10.3. The average Bonchev–Trinajstić information content (AvgIpc) is 2.77. The third-order valence-corrected chi connectivity index (χ3v) is 6.73. The molecule has 2 N–H and O–H groups in total. The van der Waals surface area contributed by atoms with Gasteiger partial charge >= 0.3 is 0 Å². The molecule has 0 amide bonds. The number of benzene rings is 1. The third-order valence-electron chi connectivity index (χ3n) is 6.73. The molecule has 0 radical (unpaired) electrons. The summed E-state index contributed by atoms with van der Waals surface area (Å²) in [6.45, 7) is 6.90. The van der Waals surface area contributed by atoms with Gasteiger partial charge in [-0.1, -0.05) is 6.07 Å². The first-order valence-electron chi connectivity index (χ1n) is 12.3. The van der Waals surface area contributed by atoms with Crippen molar-refractivity contribution < 1.29 is 13.9 Å². The van der Waals surface area contributed by atoms with E-state index < -0.39 is 17.2 Å². The summed E-state index contributed by atoms with van der Waals surface area (Å²) in [6, 6.07) is 6.08. The Hall–Kier alpha value is -2.91. The Balaban J connectivity index is 1.36. The number of anilines is 2. The van der Waals surface area contributed by atoms with E-state index in [4.69, 9.17) is 9.97 Å². The predicted molar refractivity (Wildman–Crippen MR) is 132 cm³/mol. The molecule has 1 aliphatic carbocycles. The van der Waals surface area contributed by atoms with E-state index >= 15 is 0 Å². The molecule has 3 heterocycles. The first-order chi connectivity index (χ1) is 16.7. The number of piperazine rings is 1. The molecule has 0 bridgehead atoms. The fraction of sp³-hybridized carbons (Fsp3) is 0.500. The normalized spacial score (nSPS) is 17.6. The molecule has 1 saturated carbocycles. The lowest BCUT2D eigenvalue weighted by molar-refractivity contribution is 0.0800. The highest BCUT2D eigenvalue weighted by Gasteiger charge is 2.26. The Kier molecular flexibility index (Phi) is 6.55. The quantitative estimate of drug-likeness (QED) is 0.529. The number of rotatable bonds is 7. The summed E-state index contributed by atoms with van der Waals surface area (Å²) in [5, 5.41) is 13.8. The number of hydrogen-bond acceptors (Lipinski definition) is 7. The van der Waals surface area contributed by atoms with Crippen LogP contribution in [0.25, 0.3) is 11.0 Å². The second-order valence-electron chi connectivity index (χ2n) is 10.3. The summed E-state index contributed by atoms with van der Waals surface area (Å²) in [6.07, 6.45) is 5.63. The van der Waals surface area contributed by atoms with Crippen molar-refractivity contribution in [3.05, 3.63) is 53.4 Å². The van der Waals surface area contributed by atoms with Crippen molar-refractivity contribution in [2.24, 2.45) is 0 Å². The van der Waals surface area contributed by atoms with Crippen molar-refractivity contribution in [3.63, 3.8) is 0 Å². The minimum absolute atomic E-state index is 0.408. The van der Waals surface area contributed by atoms with E-state index in [1.807, 2.05) is 6.07 Å². The first kappa shape index (κ1) is 23.8. The van der Waals surface area contributed by atoms with Gasteiger partial charge in [-0.15, -0.1) is 0 Å². The molecular weight excluding hydrogens is 450 g/mol. The number of nitrogens with one attached hydrogen (secondary N) is 1. The lowest BCUT2D eigenvalue weighted by atomic mass is 9.93. The monoisotopic (exact) mass is 482 g/mol. The second kappa shape index (κ2) is 9.62. The molecule has 3 aromatic rings. The topological polar surface area (TPSA) is 77.4 Å². The van der Waals surface area contributed by atoms with Gasteiger partial charge in [0, 0.05) is 62.5 Å². The van der Waals surface area contributed by atoms with Crippen LogP contribution in [0.1, 0.15) is 44.4 Å². The van der Waals surface area contributed by atoms with E-state index in [9.17, 15) is 13.9 Å². The maximum atomic E-state index is 14.1. The van der Waals surface area contributed by atoms with Gasteiger partial charge in [0.05, 0.1) is 17.3 Å². The van der Waals surface area contributed by atoms with Gasteiger partial charge in [-0.2, -0.15) is 0 Å². The molecule has 0 spiro atoms. The summed E-state index contributed by atoms with van der Waals surface area (Å²) in [5.41, 5.74) is 1.90. The summed E-state index contributed by atoms with van der Waals surface area (Å²) in [4.78, 5) is 18.8. The molecule has 0 unspecified atom stereocenters. The standard InChI is InChI=1S/C26H32F2N6O/c1-26(2,35)14-20-13-22-23(15-29-20)31-24(30-19-4-3-5-19)25(32-22)34-10-8-33(9-11-34)16-17-6-7-18(27)12-21(17)28/h6-7,12-13,15,19,35H,3-5,8-11,14,16H2,1-2H3,(H,30,31). The summed E-state index contributed by atoms with van der Waals surface area (Å²) < 4.78 is 27.4. The van der Waals surface area contributed by atoms with E-state index in [0.29, 0.717) is 24.6 Å². The van der Waals surface area contributed by atoms with E-state index in [2.05, 4.69) is 20.1 Å². The van der Waals surface area contributed by atoms with Gasteiger partial charge < -0.3 is 15.3 Å². The van der Waals surface area contributed by atoms with Crippen LogP contribution in [0.4, 0.5) is 20.4 Å². The fourth-order valence-corrected chi connectivity index (χ4v) is 4.60. The van der Waals surface area contributed by atoms with Crippen LogP contribution in [0.15, 0.2) is 30.5 Å². The zero-order valence-corrected chi connectivity index (χ0v) is 20.3. The Bertz CT molecular complexity index is 1200. The van der Waals surface area contributed by atoms with E-state index in [0.717, 1.165) is 73.5 Å². The van der Waals surface area contributed by atoms with Crippen molar-refractivity contribution in [3.8, 4) is 0 Å². The van der Waals surface area contributed by atoms with Crippen LogP contribution >= 0.6 is 0 Å². The molecule has 2 aliphatic rings. The SMILES string of the molecule is CC(C)(O)Cc1cc2nc(N3CCN(Cc4ccc(F)cc4F)CC3)c(NC3CCC3)nc2cn1. The van der Waals surface area contributed by atoms with Crippen molar-refractivity contribution in [2.45, 2.75) is 57.7 Å². The van der Waals surface area contributed by atoms with Gasteiger partial charge in [0.25, 0.3) is 0 Å². The molecule has 1 saturated heterocycles. The highest BCUT2D eigenvalue weighted by atomic mass is 19.1. The van der Waals surface area contributed by atoms with Crippen LogP contribution < -0.4 is 10.2 Å². The fourth-order valence-electron chi connectivity index (χ4n) is 4.60. The Morgan fingerprint density at radius 2 is 1.83 bits per heavy atom. The van der Waals surface area contributed by atoms with Crippen LogP contribution in [0.5, 0.6) is 0 Å². The van der Waals surface area contributed by atoms with Crippen LogP contribution in [0.2, 0.25) is 0 Å². The van der Waals surface area contributed by atoms with Crippen molar-refractivity contribution in [2.75, 3.05) is 36.4 Å². The maximum absolute atomic E-state index is 14.1. The van der Waals surface area contributed by atoms with Gasteiger partial charge in [-0.3, -0.25) is 9.88 Å². The number of fused-ring (bicyclic) bond motifs is 1. The predicted octanol–water partition coefficient (Wildman–Crippen LogP) is 3.90. The summed E-state index contributed by atoms with van der Waals surface area (Å²) >= 11 is 0. The molecule has 0 atom stereocenters. The van der Waals surface area contributed by atoms with Crippen molar-refractivity contribution >= 4 is 22.7 Å². The van der Waals surface area contributed by atoms with Crippen LogP contribution in [0, 0.1) is 11.6 Å². The highest BCUT2D eigenvalue weighted by Crippen LogP contribution is 2.31. The number of nitrogens with zero attached hydrogens (tertiary/aromatic N) is 5. The van der Waals surface area contributed by atoms with Gasteiger partial charge in [-0.25, -0.2) is 18.7 Å². The number of hydrogen-bond donors (Lipinski definition) is 2. The first-order valence-corrected chi connectivity index (χ1v) is 12.3. The van der Waals surface area contributed by atoms with E-state index in [-0.39, 0.29) is 0 Å².